The van der Waals surface area contributed by atoms with Crippen LogP contribution in [0.4, 0.5) is 0 Å². The molecular formula is C14H25N5. The highest BCUT2D eigenvalue weighted by Gasteiger charge is 2.39. The molecule has 19 heavy (non-hydrogen) atoms. The predicted molar refractivity (Wildman–Crippen MR) is 74.9 cm³/mol. The summed E-state index contributed by atoms with van der Waals surface area (Å²) in [7, 11) is 2.22. The third-order valence-electron chi connectivity index (χ3n) is 4.88. The zero-order valence-electron chi connectivity index (χ0n) is 12.0. The maximum atomic E-state index is 4.33. The summed E-state index contributed by atoms with van der Waals surface area (Å²) in [5, 5.41) is 4.33. The molecule has 0 radical (unpaired) electrons. The van der Waals surface area contributed by atoms with Gasteiger partial charge in [-0.3, -0.25) is 9.58 Å². The van der Waals surface area contributed by atoms with E-state index in [4.69, 9.17) is 0 Å². The van der Waals surface area contributed by atoms with Gasteiger partial charge in [0.05, 0.1) is 6.54 Å². The molecular weight excluding hydrogens is 238 g/mol. The Kier molecular flexibility index (Phi) is 3.84. The summed E-state index contributed by atoms with van der Waals surface area (Å²) in [6.07, 6.45) is 10.3. The second-order valence-electron chi connectivity index (χ2n) is 6.17. The Labute approximate surface area is 115 Å². The van der Waals surface area contributed by atoms with Crippen LogP contribution in [0.25, 0.3) is 0 Å². The topological polar surface area (TPSA) is 37.2 Å². The first-order valence-corrected chi connectivity index (χ1v) is 7.55. The molecule has 0 amide bonds. The first-order chi connectivity index (χ1) is 9.28. The molecule has 0 aromatic carbocycles. The predicted octanol–water partition coefficient (Wildman–Crippen LogP) is 1.23. The number of piperazine rings is 1. The zero-order chi connectivity index (χ0) is 13.1. The lowest BCUT2D eigenvalue weighted by Gasteiger charge is -2.49. The van der Waals surface area contributed by atoms with E-state index in [0.717, 1.165) is 6.54 Å². The van der Waals surface area contributed by atoms with Crippen LogP contribution >= 0.6 is 0 Å². The molecule has 1 aliphatic carbocycles. The highest BCUT2D eigenvalue weighted by molar-refractivity contribution is 4.94. The van der Waals surface area contributed by atoms with Crippen molar-refractivity contribution in [3.63, 3.8) is 0 Å². The maximum absolute atomic E-state index is 4.33. The van der Waals surface area contributed by atoms with Gasteiger partial charge in [-0.1, -0.05) is 19.3 Å². The van der Waals surface area contributed by atoms with Gasteiger partial charge in [0, 0.05) is 31.7 Å². The van der Waals surface area contributed by atoms with Gasteiger partial charge in [0.1, 0.15) is 12.7 Å². The van der Waals surface area contributed by atoms with Crippen molar-refractivity contribution in [1.82, 2.24) is 24.6 Å². The fraction of sp³-hybridized carbons (Fsp3) is 0.857. The molecule has 1 saturated heterocycles. The van der Waals surface area contributed by atoms with Crippen LogP contribution in [0.5, 0.6) is 0 Å². The SMILES string of the molecule is CN1CCN(C2(Cn3cncn3)CCCCC2)CC1. The summed E-state index contributed by atoms with van der Waals surface area (Å²) in [4.78, 5) is 9.26. The lowest BCUT2D eigenvalue weighted by Crippen LogP contribution is -2.59. The van der Waals surface area contributed by atoms with Gasteiger partial charge in [0.15, 0.2) is 0 Å². The Morgan fingerprint density at radius 1 is 1.05 bits per heavy atom. The number of rotatable bonds is 3. The molecule has 0 bridgehead atoms. The van der Waals surface area contributed by atoms with Gasteiger partial charge >= 0.3 is 0 Å². The molecule has 2 heterocycles. The molecule has 2 fully saturated rings. The fourth-order valence-electron chi connectivity index (χ4n) is 3.68. The molecule has 1 aliphatic heterocycles. The van der Waals surface area contributed by atoms with Crippen molar-refractivity contribution in [2.75, 3.05) is 33.2 Å². The van der Waals surface area contributed by atoms with E-state index < -0.39 is 0 Å². The minimum Gasteiger partial charge on any atom is -0.304 e. The molecule has 0 spiro atoms. The Morgan fingerprint density at radius 2 is 1.79 bits per heavy atom. The van der Waals surface area contributed by atoms with Gasteiger partial charge in [0.25, 0.3) is 0 Å². The van der Waals surface area contributed by atoms with Gasteiger partial charge in [0.2, 0.25) is 0 Å². The van der Waals surface area contributed by atoms with Crippen LogP contribution in [0.15, 0.2) is 12.7 Å². The molecule has 1 aromatic rings. The summed E-state index contributed by atoms with van der Waals surface area (Å²) < 4.78 is 2.03. The maximum Gasteiger partial charge on any atom is 0.137 e. The first-order valence-electron chi connectivity index (χ1n) is 7.55. The molecule has 106 valence electrons. The number of likely N-dealkylation sites (N-methyl/N-ethyl adjacent to an activating group) is 1. The summed E-state index contributed by atoms with van der Waals surface area (Å²) in [6, 6.07) is 0. The molecule has 0 N–H and O–H groups in total. The van der Waals surface area contributed by atoms with E-state index in [1.54, 1.807) is 6.33 Å². The summed E-state index contributed by atoms with van der Waals surface area (Å²) in [6.45, 7) is 5.80. The van der Waals surface area contributed by atoms with E-state index in [9.17, 15) is 0 Å². The third-order valence-corrected chi connectivity index (χ3v) is 4.88. The van der Waals surface area contributed by atoms with Gasteiger partial charge in [-0.2, -0.15) is 5.10 Å². The monoisotopic (exact) mass is 263 g/mol. The van der Waals surface area contributed by atoms with Crippen molar-refractivity contribution in [2.24, 2.45) is 0 Å². The van der Waals surface area contributed by atoms with E-state index in [1.165, 1.54) is 58.3 Å². The van der Waals surface area contributed by atoms with Crippen molar-refractivity contribution < 1.29 is 0 Å². The molecule has 0 unspecified atom stereocenters. The zero-order valence-corrected chi connectivity index (χ0v) is 12.0. The van der Waals surface area contributed by atoms with Gasteiger partial charge in [-0.05, 0) is 19.9 Å². The second kappa shape index (κ2) is 5.59. The average Bonchev–Trinajstić information content (AvgIpc) is 2.93. The van der Waals surface area contributed by atoms with Crippen LogP contribution in [-0.2, 0) is 6.54 Å². The molecule has 0 atom stereocenters. The van der Waals surface area contributed by atoms with E-state index in [0.29, 0.717) is 5.54 Å². The lowest BCUT2D eigenvalue weighted by atomic mass is 9.79. The van der Waals surface area contributed by atoms with Gasteiger partial charge in [-0.15, -0.1) is 0 Å². The minimum absolute atomic E-state index is 0.327. The standard InChI is InChI=1S/C14H25N5/c1-17-7-9-18(10-8-17)14(5-3-2-4-6-14)11-19-13-15-12-16-19/h12-13H,2-11H2,1H3. The molecule has 5 nitrogen and oxygen atoms in total. The Hall–Kier alpha value is -0.940. The van der Waals surface area contributed by atoms with E-state index >= 15 is 0 Å². The molecule has 1 saturated carbocycles. The quantitative estimate of drug-likeness (QED) is 0.822. The van der Waals surface area contributed by atoms with Crippen LogP contribution in [0.3, 0.4) is 0 Å². The average molecular weight is 263 g/mol. The first kappa shape index (κ1) is 13.1. The van der Waals surface area contributed by atoms with E-state index in [-0.39, 0.29) is 0 Å². The Balaban J connectivity index is 1.75. The van der Waals surface area contributed by atoms with Crippen molar-refractivity contribution >= 4 is 0 Å². The smallest absolute Gasteiger partial charge is 0.137 e. The van der Waals surface area contributed by atoms with Crippen molar-refractivity contribution in [3.8, 4) is 0 Å². The molecule has 3 rings (SSSR count). The van der Waals surface area contributed by atoms with Crippen LogP contribution < -0.4 is 0 Å². The number of nitrogens with zero attached hydrogens (tertiary/aromatic N) is 5. The normalized spacial score (nSPS) is 25.5. The highest BCUT2D eigenvalue weighted by Crippen LogP contribution is 2.35. The Bertz CT molecular complexity index is 375. The third kappa shape index (κ3) is 2.82. The van der Waals surface area contributed by atoms with Gasteiger partial charge in [-0.25, -0.2) is 4.98 Å². The second-order valence-corrected chi connectivity index (χ2v) is 6.17. The van der Waals surface area contributed by atoms with Crippen LogP contribution in [0.1, 0.15) is 32.1 Å². The summed E-state index contributed by atoms with van der Waals surface area (Å²) in [5.74, 6) is 0. The lowest BCUT2D eigenvalue weighted by molar-refractivity contribution is -0.000435. The number of hydrogen-bond donors (Lipinski definition) is 0. The van der Waals surface area contributed by atoms with Crippen molar-refractivity contribution in [1.29, 1.82) is 0 Å². The highest BCUT2D eigenvalue weighted by atomic mass is 15.4. The van der Waals surface area contributed by atoms with Crippen LogP contribution in [-0.4, -0.2) is 63.3 Å². The largest absolute Gasteiger partial charge is 0.304 e. The van der Waals surface area contributed by atoms with Crippen LogP contribution in [0, 0.1) is 0 Å². The summed E-state index contributed by atoms with van der Waals surface area (Å²) >= 11 is 0. The molecule has 5 heteroatoms. The number of hydrogen-bond acceptors (Lipinski definition) is 4. The number of aromatic nitrogens is 3. The summed E-state index contributed by atoms with van der Waals surface area (Å²) in [5.41, 5.74) is 0.327. The Morgan fingerprint density at radius 3 is 2.42 bits per heavy atom. The van der Waals surface area contributed by atoms with Crippen LogP contribution in [0.2, 0.25) is 0 Å². The van der Waals surface area contributed by atoms with E-state index in [2.05, 4.69) is 26.9 Å². The van der Waals surface area contributed by atoms with Gasteiger partial charge < -0.3 is 4.90 Å². The fourth-order valence-corrected chi connectivity index (χ4v) is 3.68. The van der Waals surface area contributed by atoms with E-state index in [1.807, 2.05) is 11.0 Å². The minimum atomic E-state index is 0.327. The van der Waals surface area contributed by atoms with Crippen molar-refractivity contribution in [3.05, 3.63) is 12.7 Å². The molecule has 2 aliphatic rings. The molecule has 1 aromatic heterocycles. The van der Waals surface area contributed by atoms with Crippen molar-refractivity contribution in [2.45, 2.75) is 44.2 Å².